The summed E-state index contributed by atoms with van der Waals surface area (Å²) in [4.78, 5) is 10.5. The van der Waals surface area contributed by atoms with Gasteiger partial charge in [-0.2, -0.15) is 0 Å². The van der Waals surface area contributed by atoms with Gasteiger partial charge in [-0.15, -0.1) is 11.6 Å². The Balaban J connectivity index is 2.37. The third kappa shape index (κ3) is 2.67. The van der Waals surface area contributed by atoms with E-state index >= 15 is 0 Å². The molecule has 1 saturated carbocycles. The van der Waals surface area contributed by atoms with Crippen LogP contribution in [0.25, 0.3) is 0 Å². The molecule has 1 atom stereocenters. The highest BCUT2D eigenvalue weighted by Gasteiger charge is 2.25. The summed E-state index contributed by atoms with van der Waals surface area (Å²) in [5.74, 6) is 0.551. The molecule has 0 bridgehead atoms. The number of hydrogen-bond acceptors (Lipinski definition) is 1. The molecule has 3 heteroatoms. The van der Waals surface area contributed by atoms with E-state index in [0.717, 1.165) is 0 Å². The number of aliphatic carboxylic acids is 1. The minimum Gasteiger partial charge on any atom is -0.481 e. The maximum absolute atomic E-state index is 10.5. The third-order valence-corrected chi connectivity index (χ3v) is 3.10. The highest BCUT2D eigenvalue weighted by Crippen LogP contribution is 2.33. The second-order valence-electron chi connectivity index (χ2n) is 3.56. The van der Waals surface area contributed by atoms with Gasteiger partial charge in [-0.25, -0.2) is 0 Å². The fourth-order valence-corrected chi connectivity index (χ4v) is 2.36. The zero-order valence-corrected chi connectivity index (χ0v) is 7.89. The Morgan fingerprint density at radius 3 is 2.50 bits per heavy atom. The molecule has 0 amide bonds. The van der Waals surface area contributed by atoms with Crippen LogP contribution in [0.5, 0.6) is 0 Å². The largest absolute Gasteiger partial charge is 0.481 e. The Morgan fingerprint density at radius 2 is 2.08 bits per heavy atom. The molecule has 0 saturated heterocycles. The molecule has 1 rings (SSSR count). The number of carboxylic acid groups (broad SMARTS) is 1. The van der Waals surface area contributed by atoms with Crippen molar-refractivity contribution in [3.63, 3.8) is 0 Å². The van der Waals surface area contributed by atoms with Crippen molar-refractivity contribution < 1.29 is 9.90 Å². The van der Waals surface area contributed by atoms with E-state index in [4.69, 9.17) is 16.7 Å². The smallest absolute Gasteiger partial charge is 0.303 e. The van der Waals surface area contributed by atoms with Crippen LogP contribution in [-0.4, -0.2) is 17.0 Å². The van der Waals surface area contributed by atoms with Crippen molar-refractivity contribution in [3.8, 4) is 0 Å². The quantitative estimate of drug-likeness (QED) is 0.692. The molecule has 1 fully saturated rings. The van der Waals surface area contributed by atoms with Crippen LogP contribution < -0.4 is 0 Å². The van der Waals surface area contributed by atoms with Gasteiger partial charge in [0.25, 0.3) is 0 Å². The second-order valence-corrected chi connectivity index (χ2v) is 3.87. The van der Waals surface area contributed by atoms with Crippen molar-refractivity contribution in [2.24, 2.45) is 11.8 Å². The number of carboxylic acids is 1. The Bertz CT molecular complexity index is 153. The normalized spacial score (nSPS) is 21.1. The van der Waals surface area contributed by atoms with Crippen molar-refractivity contribution in [2.75, 3.05) is 5.88 Å². The Labute approximate surface area is 77.9 Å². The molecule has 0 aromatic rings. The Morgan fingerprint density at radius 1 is 1.50 bits per heavy atom. The fraction of sp³-hybridized carbons (Fsp3) is 0.889. The first-order chi connectivity index (χ1) is 5.74. The van der Waals surface area contributed by atoms with E-state index in [-0.39, 0.29) is 12.3 Å². The van der Waals surface area contributed by atoms with Crippen molar-refractivity contribution in [2.45, 2.75) is 32.1 Å². The second kappa shape index (κ2) is 4.70. The lowest BCUT2D eigenvalue weighted by Gasteiger charge is -2.18. The first-order valence-corrected chi connectivity index (χ1v) is 5.05. The molecule has 1 aliphatic carbocycles. The summed E-state index contributed by atoms with van der Waals surface area (Å²) in [5.41, 5.74) is 0. The van der Waals surface area contributed by atoms with Gasteiger partial charge in [0.2, 0.25) is 0 Å². The summed E-state index contributed by atoms with van der Waals surface area (Å²) >= 11 is 5.73. The molecule has 0 heterocycles. The van der Waals surface area contributed by atoms with Crippen LogP contribution in [0.4, 0.5) is 0 Å². The van der Waals surface area contributed by atoms with Crippen LogP contribution in [-0.2, 0) is 4.79 Å². The maximum Gasteiger partial charge on any atom is 0.303 e. The average Bonchev–Trinajstić information content (AvgIpc) is 2.51. The van der Waals surface area contributed by atoms with Gasteiger partial charge in [-0.3, -0.25) is 4.79 Å². The molecular weight excluding hydrogens is 176 g/mol. The van der Waals surface area contributed by atoms with E-state index in [1.165, 1.54) is 25.7 Å². The summed E-state index contributed by atoms with van der Waals surface area (Å²) in [6.45, 7) is 0. The molecule has 1 aliphatic rings. The molecule has 2 nitrogen and oxygen atoms in total. The lowest BCUT2D eigenvalue weighted by Crippen LogP contribution is -2.17. The number of rotatable bonds is 4. The van der Waals surface area contributed by atoms with E-state index in [1.807, 2.05) is 0 Å². The van der Waals surface area contributed by atoms with Gasteiger partial charge in [-0.1, -0.05) is 25.7 Å². The number of carbonyl (C=O) groups is 1. The molecule has 1 N–H and O–H groups in total. The highest BCUT2D eigenvalue weighted by molar-refractivity contribution is 6.18. The highest BCUT2D eigenvalue weighted by atomic mass is 35.5. The lowest BCUT2D eigenvalue weighted by molar-refractivity contribution is -0.138. The Hall–Kier alpha value is -0.240. The molecule has 70 valence electrons. The zero-order chi connectivity index (χ0) is 8.97. The van der Waals surface area contributed by atoms with Crippen molar-refractivity contribution in [3.05, 3.63) is 0 Å². The minimum absolute atomic E-state index is 0.201. The first kappa shape index (κ1) is 9.85. The number of halogens is 1. The van der Waals surface area contributed by atoms with Gasteiger partial charge in [0.15, 0.2) is 0 Å². The topological polar surface area (TPSA) is 37.3 Å². The van der Waals surface area contributed by atoms with Gasteiger partial charge < -0.3 is 5.11 Å². The molecule has 1 unspecified atom stereocenters. The lowest BCUT2D eigenvalue weighted by atomic mass is 9.90. The molecule has 0 spiro atoms. The van der Waals surface area contributed by atoms with Crippen molar-refractivity contribution in [1.82, 2.24) is 0 Å². The van der Waals surface area contributed by atoms with Crippen LogP contribution >= 0.6 is 11.6 Å². The molecule has 0 aromatic carbocycles. The fourth-order valence-electron chi connectivity index (χ4n) is 2.00. The predicted octanol–water partition coefficient (Wildman–Crippen LogP) is 2.51. The summed E-state index contributed by atoms with van der Waals surface area (Å²) in [5, 5.41) is 8.62. The van der Waals surface area contributed by atoms with E-state index in [9.17, 15) is 4.79 Å². The molecule has 12 heavy (non-hydrogen) atoms. The summed E-state index contributed by atoms with van der Waals surface area (Å²) < 4.78 is 0. The third-order valence-electron chi connectivity index (χ3n) is 2.70. The maximum atomic E-state index is 10.5. The van der Waals surface area contributed by atoms with Gasteiger partial charge in [-0.05, 0) is 11.8 Å². The number of alkyl halides is 1. The number of hydrogen-bond donors (Lipinski definition) is 1. The van der Waals surface area contributed by atoms with Gasteiger partial charge in [0, 0.05) is 12.3 Å². The summed E-state index contributed by atoms with van der Waals surface area (Å²) in [6.07, 6.45) is 5.08. The molecule has 0 aliphatic heterocycles. The molecule has 0 aromatic heterocycles. The van der Waals surface area contributed by atoms with Crippen LogP contribution in [0.1, 0.15) is 32.1 Å². The van der Waals surface area contributed by atoms with Crippen LogP contribution in [0.3, 0.4) is 0 Å². The van der Waals surface area contributed by atoms with E-state index < -0.39 is 5.97 Å². The van der Waals surface area contributed by atoms with Gasteiger partial charge >= 0.3 is 5.97 Å². The SMILES string of the molecule is O=C(O)CC(CCl)C1CCCC1. The minimum atomic E-state index is -0.715. The monoisotopic (exact) mass is 190 g/mol. The average molecular weight is 191 g/mol. The van der Waals surface area contributed by atoms with Gasteiger partial charge in [0.1, 0.15) is 0 Å². The molecule has 0 radical (unpaired) electrons. The Kier molecular flexibility index (Phi) is 3.86. The molecular formula is C9H15ClO2. The van der Waals surface area contributed by atoms with Crippen LogP contribution in [0.15, 0.2) is 0 Å². The van der Waals surface area contributed by atoms with Crippen LogP contribution in [0.2, 0.25) is 0 Å². The predicted molar refractivity (Wildman–Crippen MR) is 48.4 cm³/mol. The van der Waals surface area contributed by atoms with Crippen LogP contribution in [0, 0.1) is 11.8 Å². The summed E-state index contributed by atoms with van der Waals surface area (Å²) in [6, 6.07) is 0. The standard InChI is InChI=1S/C9H15ClO2/c10-6-8(5-9(11)12)7-3-1-2-4-7/h7-8H,1-6H2,(H,11,12). The van der Waals surface area contributed by atoms with Crippen molar-refractivity contribution >= 4 is 17.6 Å². The summed E-state index contributed by atoms with van der Waals surface area (Å²) in [7, 11) is 0. The van der Waals surface area contributed by atoms with E-state index in [2.05, 4.69) is 0 Å². The van der Waals surface area contributed by atoms with E-state index in [0.29, 0.717) is 11.8 Å². The van der Waals surface area contributed by atoms with E-state index in [1.54, 1.807) is 0 Å². The van der Waals surface area contributed by atoms with Crippen molar-refractivity contribution in [1.29, 1.82) is 0 Å². The van der Waals surface area contributed by atoms with Gasteiger partial charge in [0.05, 0.1) is 0 Å². The first-order valence-electron chi connectivity index (χ1n) is 4.51. The zero-order valence-electron chi connectivity index (χ0n) is 7.13.